The number of nitrogens with two attached hydrogens (primary N) is 1. The molecule has 1 unspecified atom stereocenters. The second kappa shape index (κ2) is 5.50. The number of hydrogen-bond acceptors (Lipinski definition) is 3. The zero-order valence-electron chi connectivity index (χ0n) is 10.6. The summed E-state index contributed by atoms with van der Waals surface area (Å²) in [5, 5.41) is 5.03. The van der Waals surface area contributed by atoms with Gasteiger partial charge in [0.05, 0.1) is 22.5 Å². The first-order valence-electron chi connectivity index (χ1n) is 5.99. The van der Waals surface area contributed by atoms with Crippen LogP contribution in [0.2, 0.25) is 5.02 Å². The maximum absolute atomic E-state index is 6.15. The minimum absolute atomic E-state index is 0.137. The van der Waals surface area contributed by atoms with Crippen molar-refractivity contribution in [2.24, 2.45) is 12.8 Å². The lowest BCUT2D eigenvalue weighted by molar-refractivity contribution is 0.627. The van der Waals surface area contributed by atoms with E-state index in [1.165, 1.54) is 0 Å². The van der Waals surface area contributed by atoms with Gasteiger partial charge in [0.2, 0.25) is 0 Å². The van der Waals surface area contributed by atoms with Crippen LogP contribution in [-0.4, -0.2) is 14.8 Å². The van der Waals surface area contributed by atoms with Crippen LogP contribution in [0.3, 0.4) is 0 Å². The minimum Gasteiger partial charge on any atom is -0.322 e. The summed E-state index contributed by atoms with van der Waals surface area (Å²) in [6, 6.07) is 5.63. The molecule has 2 N–H and O–H groups in total. The molecule has 1 atom stereocenters. The fourth-order valence-corrected chi connectivity index (χ4v) is 1.98. The largest absolute Gasteiger partial charge is 0.322 e. The lowest BCUT2D eigenvalue weighted by Gasteiger charge is -2.10. The van der Waals surface area contributed by atoms with Crippen LogP contribution in [0.15, 0.2) is 24.4 Å². The second-order valence-electron chi connectivity index (χ2n) is 4.32. The average molecular weight is 265 g/mol. The quantitative estimate of drug-likeness (QED) is 0.922. The van der Waals surface area contributed by atoms with Crippen molar-refractivity contribution in [1.82, 2.24) is 14.8 Å². The van der Waals surface area contributed by atoms with E-state index in [1.54, 1.807) is 6.20 Å². The highest BCUT2D eigenvalue weighted by Crippen LogP contribution is 2.16. The van der Waals surface area contributed by atoms with Gasteiger partial charge in [-0.3, -0.25) is 9.67 Å². The fourth-order valence-electron chi connectivity index (χ4n) is 1.87. The summed E-state index contributed by atoms with van der Waals surface area (Å²) in [4.78, 5) is 4.24. The van der Waals surface area contributed by atoms with Gasteiger partial charge in [-0.2, -0.15) is 5.10 Å². The molecule has 18 heavy (non-hydrogen) atoms. The molecule has 0 saturated heterocycles. The number of aryl methyl sites for hydroxylation is 2. The van der Waals surface area contributed by atoms with Crippen LogP contribution in [-0.2, 0) is 19.9 Å². The Morgan fingerprint density at radius 1 is 1.44 bits per heavy atom. The Hall–Kier alpha value is -1.39. The summed E-state index contributed by atoms with van der Waals surface area (Å²) < 4.78 is 1.88. The molecule has 0 aliphatic carbocycles. The molecule has 2 heterocycles. The third-order valence-electron chi connectivity index (χ3n) is 2.95. The molecule has 0 fully saturated rings. The van der Waals surface area contributed by atoms with Gasteiger partial charge < -0.3 is 5.73 Å². The maximum Gasteiger partial charge on any atom is 0.0624 e. The average Bonchev–Trinajstić information content (AvgIpc) is 2.71. The van der Waals surface area contributed by atoms with Crippen LogP contribution in [0.5, 0.6) is 0 Å². The van der Waals surface area contributed by atoms with Crippen molar-refractivity contribution < 1.29 is 0 Å². The van der Waals surface area contributed by atoms with Gasteiger partial charge in [0.25, 0.3) is 0 Å². The Bertz CT molecular complexity index is 518. The van der Waals surface area contributed by atoms with Crippen molar-refractivity contribution in [2.45, 2.75) is 25.8 Å². The van der Waals surface area contributed by atoms with Crippen molar-refractivity contribution >= 4 is 11.6 Å². The van der Waals surface area contributed by atoms with E-state index in [0.29, 0.717) is 5.02 Å². The molecular formula is C13H17ClN4. The molecule has 4 nitrogen and oxygen atoms in total. The van der Waals surface area contributed by atoms with E-state index in [9.17, 15) is 0 Å². The Balaban J connectivity index is 2.13. The minimum atomic E-state index is -0.137. The first kappa shape index (κ1) is 13.1. The van der Waals surface area contributed by atoms with Crippen molar-refractivity contribution in [3.05, 3.63) is 46.5 Å². The number of rotatable bonds is 4. The standard InChI is InChI=1S/C13H17ClN4/c1-3-10-6-11(18(2)17-10)7-12(15)13-5-4-9(14)8-16-13/h4-6,8,12H,3,7,15H2,1-2H3. The molecule has 2 rings (SSSR count). The first-order valence-corrected chi connectivity index (χ1v) is 6.36. The highest BCUT2D eigenvalue weighted by molar-refractivity contribution is 6.30. The van der Waals surface area contributed by atoms with E-state index in [2.05, 4.69) is 23.1 Å². The maximum atomic E-state index is 6.15. The Morgan fingerprint density at radius 3 is 2.78 bits per heavy atom. The van der Waals surface area contributed by atoms with Gasteiger partial charge in [-0.1, -0.05) is 18.5 Å². The Morgan fingerprint density at radius 2 is 2.22 bits per heavy atom. The number of halogens is 1. The van der Waals surface area contributed by atoms with Gasteiger partial charge in [-0.15, -0.1) is 0 Å². The summed E-state index contributed by atoms with van der Waals surface area (Å²) >= 11 is 5.81. The third-order valence-corrected chi connectivity index (χ3v) is 3.17. The molecule has 96 valence electrons. The third kappa shape index (κ3) is 2.89. The smallest absolute Gasteiger partial charge is 0.0624 e. The van der Waals surface area contributed by atoms with E-state index in [1.807, 2.05) is 23.9 Å². The van der Waals surface area contributed by atoms with Crippen LogP contribution in [0.1, 0.15) is 30.0 Å². The monoisotopic (exact) mass is 264 g/mol. The zero-order valence-corrected chi connectivity index (χ0v) is 11.4. The lowest BCUT2D eigenvalue weighted by Crippen LogP contribution is -2.16. The summed E-state index contributed by atoms with van der Waals surface area (Å²) in [7, 11) is 1.94. The molecule has 0 aromatic carbocycles. The number of hydrogen-bond donors (Lipinski definition) is 1. The molecule has 2 aromatic rings. The zero-order chi connectivity index (χ0) is 13.1. The molecule has 0 radical (unpaired) electrons. The van der Waals surface area contributed by atoms with E-state index in [-0.39, 0.29) is 6.04 Å². The molecule has 0 aliphatic heterocycles. The van der Waals surface area contributed by atoms with Gasteiger partial charge in [0, 0.05) is 25.4 Å². The van der Waals surface area contributed by atoms with Crippen LogP contribution in [0, 0.1) is 0 Å². The van der Waals surface area contributed by atoms with E-state index in [0.717, 1.165) is 29.9 Å². The predicted molar refractivity (Wildman–Crippen MR) is 72.5 cm³/mol. The molecule has 5 heteroatoms. The molecule has 0 amide bonds. The second-order valence-corrected chi connectivity index (χ2v) is 4.75. The first-order chi connectivity index (χ1) is 8.60. The van der Waals surface area contributed by atoms with Crippen LogP contribution in [0.25, 0.3) is 0 Å². The molecular weight excluding hydrogens is 248 g/mol. The van der Waals surface area contributed by atoms with E-state index >= 15 is 0 Å². The lowest BCUT2D eigenvalue weighted by atomic mass is 10.1. The SMILES string of the molecule is CCc1cc(CC(N)c2ccc(Cl)cn2)n(C)n1. The van der Waals surface area contributed by atoms with E-state index < -0.39 is 0 Å². The molecule has 0 bridgehead atoms. The molecule has 0 aliphatic rings. The number of nitrogens with zero attached hydrogens (tertiary/aromatic N) is 3. The Labute approximate surface area is 112 Å². The van der Waals surface area contributed by atoms with Crippen LogP contribution in [0.4, 0.5) is 0 Å². The van der Waals surface area contributed by atoms with E-state index in [4.69, 9.17) is 17.3 Å². The molecule has 2 aromatic heterocycles. The fraction of sp³-hybridized carbons (Fsp3) is 0.385. The molecule has 0 saturated carbocycles. The van der Waals surface area contributed by atoms with Crippen molar-refractivity contribution in [3.63, 3.8) is 0 Å². The van der Waals surface area contributed by atoms with Gasteiger partial charge in [-0.25, -0.2) is 0 Å². The van der Waals surface area contributed by atoms with Gasteiger partial charge in [-0.05, 0) is 24.6 Å². The highest BCUT2D eigenvalue weighted by Gasteiger charge is 2.12. The number of aromatic nitrogens is 3. The summed E-state index contributed by atoms with van der Waals surface area (Å²) in [6.07, 6.45) is 3.28. The predicted octanol–water partition coefficient (Wildman–Crippen LogP) is 2.27. The van der Waals surface area contributed by atoms with Gasteiger partial charge in [0.15, 0.2) is 0 Å². The molecule has 0 spiro atoms. The van der Waals surface area contributed by atoms with Crippen LogP contribution >= 0.6 is 11.6 Å². The summed E-state index contributed by atoms with van der Waals surface area (Å²) in [6.45, 7) is 2.09. The van der Waals surface area contributed by atoms with Crippen molar-refractivity contribution in [3.8, 4) is 0 Å². The van der Waals surface area contributed by atoms with Gasteiger partial charge in [0.1, 0.15) is 0 Å². The van der Waals surface area contributed by atoms with Crippen molar-refractivity contribution in [2.75, 3.05) is 0 Å². The number of pyridine rings is 1. The van der Waals surface area contributed by atoms with Crippen LogP contribution < -0.4 is 5.73 Å². The highest BCUT2D eigenvalue weighted by atomic mass is 35.5. The van der Waals surface area contributed by atoms with Crippen molar-refractivity contribution in [1.29, 1.82) is 0 Å². The summed E-state index contributed by atoms with van der Waals surface area (Å²) in [5.41, 5.74) is 9.20. The Kier molecular flexibility index (Phi) is 3.99. The van der Waals surface area contributed by atoms with Gasteiger partial charge >= 0.3 is 0 Å². The normalized spacial score (nSPS) is 12.7. The topological polar surface area (TPSA) is 56.7 Å². The summed E-state index contributed by atoms with van der Waals surface area (Å²) in [5.74, 6) is 0.